The second-order valence-electron chi connectivity index (χ2n) is 7.32. The van der Waals surface area contributed by atoms with Crippen LogP contribution in [0.5, 0.6) is 0 Å². The number of carbonyl (C=O) groups is 1. The molecule has 2 amide bonds. The highest BCUT2D eigenvalue weighted by Crippen LogP contribution is 2.47. The van der Waals surface area contributed by atoms with Crippen LogP contribution in [0.15, 0.2) is 54.9 Å². The van der Waals surface area contributed by atoms with Crippen LogP contribution < -0.4 is 15.5 Å². The molecule has 2 N–H and O–H groups in total. The average Bonchev–Trinajstić information content (AvgIpc) is 3.13. The quantitative estimate of drug-likeness (QED) is 0.711. The summed E-state index contributed by atoms with van der Waals surface area (Å²) >= 11 is 0. The predicted molar refractivity (Wildman–Crippen MR) is 103 cm³/mol. The molecule has 1 saturated heterocycles. The summed E-state index contributed by atoms with van der Waals surface area (Å²) in [5.41, 5.74) is 1.79. The lowest BCUT2D eigenvalue weighted by Gasteiger charge is -2.23. The van der Waals surface area contributed by atoms with Gasteiger partial charge < -0.3 is 15.5 Å². The third-order valence-electron chi connectivity index (χ3n) is 5.50. The molecule has 5 rings (SSSR count). The van der Waals surface area contributed by atoms with Gasteiger partial charge in [0.25, 0.3) is 0 Å². The lowest BCUT2D eigenvalue weighted by molar-refractivity contribution is 0.250. The maximum Gasteiger partial charge on any atom is 0.319 e. The second kappa shape index (κ2) is 6.84. The molecule has 1 aromatic heterocycles. The maximum absolute atomic E-state index is 14.0. The number of halogens is 2. The summed E-state index contributed by atoms with van der Waals surface area (Å²) in [7, 11) is 0. The molecule has 9 heteroatoms. The predicted octanol–water partition coefficient (Wildman–Crippen LogP) is 2.80. The molecule has 2 aliphatic rings. The smallest absolute Gasteiger partial charge is 0.319 e. The van der Waals surface area contributed by atoms with E-state index in [1.54, 1.807) is 24.5 Å². The van der Waals surface area contributed by atoms with Crippen molar-refractivity contribution in [1.82, 2.24) is 20.3 Å². The molecule has 0 radical (unpaired) electrons. The first-order valence-electron chi connectivity index (χ1n) is 9.33. The molecule has 2 fully saturated rings. The highest BCUT2D eigenvalue weighted by Gasteiger charge is 2.56. The maximum atomic E-state index is 14.0. The van der Waals surface area contributed by atoms with E-state index in [0.29, 0.717) is 24.5 Å². The van der Waals surface area contributed by atoms with Crippen molar-refractivity contribution in [3.05, 3.63) is 66.5 Å². The van der Waals surface area contributed by atoms with Crippen LogP contribution in [0.1, 0.15) is 0 Å². The number of aromatic nitrogens is 3. The third-order valence-corrected chi connectivity index (χ3v) is 5.50. The molecule has 0 spiro atoms. The van der Waals surface area contributed by atoms with Crippen molar-refractivity contribution in [1.29, 1.82) is 0 Å². The van der Waals surface area contributed by atoms with Gasteiger partial charge in [-0.2, -0.15) is 15.0 Å². The molecule has 3 atom stereocenters. The van der Waals surface area contributed by atoms with Gasteiger partial charge >= 0.3 is 6.03 Å². The van der Waals surface area contributed by atoms with Gasteiger partial charge in [0.05, 0.1) is 23.8 Å². The zero-order chi connectivity index (χ0) is 20.0. The van der Waals surface area contributed by atoms with Crippen molar-refractivity contribution in [3.63, 3.8) is 0 Å². The molecule has 2 heterocycles. The summed E-state index contributed by atoms with van der Waals surface area (Å²) in [5.74, 6) is -0.603. The summed E-state index contributed by atoms with van der Waals surface area (Å²) in [5, 5.41) is 14.0. The number of nitrogens with zero attached hydrogens (tertiary/aromatic N) is 4. The van der Waals surface area contributed by atoms with Crippen LogP contribution in [0.2, 0.25) is 0 Å². The normalized spacial score (nSPS) is 22.3. The van der Waals surface area contributed by atoms with Gasteiger partial charge in [-0.1, -0.05) is 6.07 Å². The molecule has 1 aliphatic heterocycles. The monoisotopic (exact) mass is 396 g/mol. The summed E-state index contributed by atoms with van der Waals surface area (Å²) in [6, 6.07) is 10.6. The number of amides is 2. The molecule has 1 aliphatic carbocycles. The lowest BCUT2D eigenvalue weighted by Crippen LogP contribution is -2.37. The summed E-state index contributed by atoms with van der Waals surface area (Å²) in [4.78, 5) is 15.7. The number of carbonyl (C=O) groups excluding carboxylic acids is 1. The first-order chi connectivity index (χ1) is 14.1. The van der Waals surface area contributed by atoms with Gasteiger partial charge in [-0.05, 0) is 30.3 Å². The Bertz CT molecular complexity index is 1040. The first-order valence-corrected chi connectivity index (χ1v) is 9.33. The SMILES string of the molecule is O=C(Nc1cccc(-n2nccn2)c1)N[C@H]1[C@@H]2CN(c3ccc(F)cc3F)C[C@@H]21. The van der Waals surface area contributed by atoms with E-state index in [0.717, 1.165) is 11.8 Å². The second-order valence-corrected chi connectivity index (χ2v) is 7.32. The van der Waals surface area contributed by atoms with Crippen molar-refractivity contribution in [3.8, 4) is 5.69 Å². The minimum Gasteiger partial charge on any atom is -0.368 e. The number of piperidine rings is 1. The number of fused-ring (bicyclic) bond motifs is 1. The van der Waals surface area contributed by atoms with E-state index in [2.05, 4.69) is 20.8 Å². The summed E-state index contributed by atoms with van der Waals surface area (Å²) < 4.78 is 27.0. The van der Waals surface area contributed by atoms with Crippen LogP contribution >= 0.6 is 0 Å². The Hall–Kier alpha value is -3.49. The fourth-order valence-corrected chi connectivity index (χ4v) is 4.05. The van der Waals surface area contributed by atoms with Crippen molar-refractivity contribution < 1.29 is 13.6 Å². The topological polar surface area (TPSA) is 75.1 Å². The Labute approximate surface area is 165 Å². The largest absolute Gasteiger partial charge is 0.368 e. The van der Waals surface area contributed by atoms with Gasteiger partial charge in [-0.3, -0.25) is 0 Å². The molecular weight excluding hydrogens is 378 g/mol. The minimum absolute atomic E-state index is 0.0609. The Morgan fingerprint density at radius 2 is 1.79 bits per heavy atom. The van der Waals surface area contributed by atoms with Crippen molar-refractivity contribution in [2.75, 3.05) is 23.3 Å². The van der Waals surface area contributed by atoms with E-state index in [1.165, 1.54) is 16.9 Å². The molecular formula is C20H18F2N6O. The van der Waals surface area contributed by atoms with Crippen molar-refractivity contribution in [2.24, 2.45) is 11.8 Å². The Morgan fingerprint density at radius 1 is 1.03 bits per heavy atom. The van der Waals surface area contributed by atoms with Crippen LogP contribution in [-0.4, -0.2) is 40.2 Å². The van der Waals surface area contributed by atoms with Gasteiger partial charge in [0, 0.05) is 42.7 Å². The van der Waals surface area contributed by atoms with Crippen LogP contribution in [0, 0.1) is 23.5 Å². The standard InChI is InChI=1S/C20H18F2N6O/c21-12-4-5-18(17(22)8-12)27-10-15-16(11-27)19(15)26-20(29)25-13-2-1-3-14(9-13)28-23-6-7-24-28/h1-9,15-16,19H,10-11H2,(H2,25,26,29)/t15-,16+,19+. The summed E-state index contributed by atoms with van der Waals surface area (Å²) in [6.07, 6.45) is 3.17. The molecule has 1 saturated carbocycles. The van der Waals surface area contributed by atoms with Crippen LogP contribution in [0.3, 0.4) is 0 Å². The van der Waals surface area contributed by atoms with Crippen molar-refractivity contribution in [2.45, 2.75) is 6.04 Å². The van der Waals surface area contributed by atoms with Crippen LogP contribution in [0.25, 0.3) is 5.69 Å². The van der Waals surface area contributed by atoms with E-state index in [-0.39, 0.29) is 23.9 Å². The van der Waals surface area contributed by atoms with E-state index >= 15 is 0 Å². The molecule has 29 heavy (non-hydrogen) atoms. The van der Waals surface area contributed by atoms with E-state index in [1.807, 2.05) is 17.0 Å². The van der Waals surface area contributed by atoms with E-state index in [4.69, 9.17) is 0 Å². The number of urea groups is 1. The fraction of sp³-hybridized carbons (Fsp3) is 0.250. The molecule has 148 valence electrons. The molecule has 2 aromatic carbocycles. The number of anilines is 2. The highest BCUT2D eigenvalue weighted by atomic mass is 19.1. The van der Waals surface area contributed by atoms with Gasteiger partial charge in [-0.15, -0.1) is 0 Å². The number of hydrogen-bond donors (Lipinski definition) is 2. The highest BCUT2D eigenvalue weighted by molar-refractivity contribution is 5.90. The first kappa shape index (κ1) is 17.6. The zero-order valence-corrected chi connectivity index (χ0v) is 15.3. The molecule has 7 nitrogen and oxygen atoms in total. The van der Waals surface area contributed by atoms with E-state index in [9.17, 15) is 13.6 Å². The third kappa shape index (κ3) is 3.39. The van der Waals surface area contributed by atoms with E-state index < -0.39 is 11.6 Å². The van der Waals surface area contributed by atoms with Gasteiger partial charge in [0.1, 0.15) is 11.6 Å². The minimum atomic E-state index is -0.584. The Balaban J connectivity index is 1.17. The Kier molecular flexibility index (Phi) is 4.15. The Morgan fingerprint density at radius 3 is 2.52 bits per heavy atom. The molecule has 0 bridgehead atoms. The zero-order valence-electron chi connectivity index (χ0n) is 15.3. The molecule has 3 aromatic rings. The van der Waals surface area contributed by atoms with Gasteiger partial charge in [0.15, 0.2) is 0 Å². The fourth-order valence-electron chi connectivity index (χ4n) is 4.05. The lowest BCUT2D eigenvalue weighted by atomic mass is 10.2. The van der Waals surface area contributed by atoms with Gasteiger partial charge in [-0.25, -0.2) is 13.6 Å². The van der Waals surface area contributed by atoms with Crippen LogP contribution in [-0.2, 0) is 0 Å². The van der Waals surface area contributed by atoms with Crippen molar-refractivity contribution >= 4 is 17.4 Å². The average molecular weight is 396 g/mol. The number of rotatable bonds is 4. The molecule has 0 unspecified atom stereocenters. The number of benzene rings is 2. The summed E-state index contributed by atoms with van der Waals surface area (Å²) in [6.45, 7) is 1.28. The van der Waals surface area contributed by atoms with Gasteiger partial charge in [0.2, 0.25) is 0 Å². The van der Waals surface area contributed by atoms with Crippen LogP contribution in [0.4, 0.5) is 25.0 Å². The number of nitrogens with one attached hydrogen (secondary N) is 2. The number of hydrogen-bond acceptors (Lipinski definition) is 4.